The fraction of sp³-hybridized carbons (Fsp3) is 0.533. The van der Waals surface area contributed by atoms with Crippen molar-refractivity contribution in [2.75, 3.05) is 19.6 Å². The number of sulfonamides is 1. The molecule has 1 aromatic carbocycles. The standard InChI is InChI=1S/C15H20N2O4S/c1-2-12-3-5-13(6-4-12)22(19,20)17-9-7-15(8-10-17)11-16-14(18)21-15/h3-6H,2,7-11H2,1H3,(H,16,18). The highest BCUT2D eigenvalue weighted by molar-refractivity contribution is 7.89. The fourth-order valence-corrected chi connectivity index (χ4v) is 4.40. The van der Waals surface area contributed by atoms with Crippen molar-refractivity contribution < 1.29 is 17.9 Å². The van der Waals surface area contributed by atoms with Crippen LogP contribution in [-0.2, 0) is 21.2 Å². The predicted octanol–water partition coefficient (Wildman–Crippen LogP) is 1.51. The Hall–Kier alpha value is -1.60. The number of hydrogen-bond acceptors (Lipinski definition) is 4. The molecule has 22 heavy (non-hydrogen) atoms. The van der Waals surface area contributed by atoms with Gasteiger partial charge in [0.25, 0.3) is 0 Å². The summed E-state index contributed by atoms with van der Waals surface area (Å²) < 4.78 is 32.1. The summed E-state index contributed by atoms with van der Waals surface area (Å²) in [5.74, 6) is 0. The molecule has 2 fully saturated rings. The molecule has 6 nitrogen and oxygen atoms in total. The van der Waals surface area contributed by atoms with E-state index in [1.807, 2.05) is 19.1 Å². The van der Waals surface area contributed by atoms with Crippen molar-refractivity contribution in [1.82, 2.24) is 9.62 Å². The largest absolute Gasteiger partial charge is 0.441 e. The number of hydrogen-bond donors (Lipinski definition) is 1. The van der Waals surface area contributed by atoms with Crippen LogP contribution >= 0.6 is 0 Å². The van der Waals surface area contributed by atoms with Gasteiger partial charge in [-0.25, -0.2) is 13.2 Å². The molecule has 0 atom stereocenters. The quantitative estimate of drug-likeness (QED) is 0.914. The number of alkyl carbamates (subject to hydrolysis) is 1. The van der Waals surface area contributed by atoms with Gasteiger partial charge in [-0.1, -0.05) is 19.1 Å². The number of benzene rings is 1. The minimum atomic E-state index is -3.47. The van der Waals surface area contributed by atoms with Gasteiger partial charge in [0.15, 0.2) is 0 Å². The summed E-state index contributed by atoms with van der Waals surface area (Å²) in [5.41, 5.74) is 0.579. The number of carbonyl (C=O) groups excluding carboxylic acids is 1. The fourth-order valence-electron chi connectivity index (χ4n) is 2.96. The van der Waals surface area contributed by atoms with Gasteiger partial charge in [0.05, 0.1) is 11.4 Å². The van der Waals surface area contributed by atoms with Crippen LogP contribution < -0.4 is 5.32 Å². The first-order valence-corrected chi connectivity index (χ1v) is 8.95. The number of rotatable bonds is 3. The third-order valence-corrected chi connectivity index (χ3v) is 6.38. The minimum absolute atomic E-state index is 0.321. The summed E-state index contributed by atoms with van der Waals surface area (Å²) in [6.45, 7) is 3.23. The molecule has 2 heterocycles. The van der Waals surface area contributed by atoms with Gasteiger partial charge in [0.2, 0.25) is 10.0 Å². The van der Waals surface area contributed by atoms with E-state index in [0.717, 1.165) is 12.0 Å². The van der Waals surface area contributed by atoms with Gasteiger partial charge < -0.3 is 10.1 Å². The Balaban J connectivity index is 1.72. The first-order chi connectivity index (χ1) is 10.5. The molecule has 120 valence electrons. The van der Waals surface area contributed by atoms with Crippen molar-refractivity contribution in [3.05, 3.63) is 29.8 Å². The summed E-state index contributed by atoms with van der Waals surface area (Å²) in [6, 6.07) is 7.02. The molecule has 0 radical (unpaired) electrons. The zero-order chi connectivity index (χ0) is 15.8. The molecule has 1 aromatic rings. The van der Waals surface area contributed by atoms with E-state index in [4.69, 9.17) is 4.74 Å². The Kier molecular flexibility index (Phi) is 3.86. The molecule has 0 aliphatic carbocycles. The molecule has 2 aliphatic rings. The number of amides is 1. The predicted molar refractivity (Wildman–Crippen MR) is 81.0 cm³/mol. The van der Waals surface area contributed by atoms with Gasteiger partial charge in [0.1, 0.15) is 5.60 Å². The Labute approximate surface area is 130 Å². The Morgan fingerprint density at radius 3 is 2.36 bits per heavy atom. The summed E-state index contributed by atoms with van der Waals surface area (Å²) in [5, 5.41) is 2.65. The van der Waals surface area contributed by atoms with Crippen LogP contribution in [0.5, 0.6) is 0 Å². The van der Waals surface area contributed by atoms with Gasteiger partial charge >= 0.3 is 6.09 Å². The summed E-state index contributed by atoms with van der Waals surface area (Å²) in [7, 11) is -3.47. The Morgan fingerprint density at radius 2 is 1.86 bits per heavy atom. The maximum absolute atomic E-state index is 12.7. The van der Waals surface area contributed by atoms with Crippen LogP contribution in [0.15, 0.2) is 29.2 Å². The second-order valence-corrected chi connectivity index (χ2v) is 7.77. The zero-order valence-electron chi connectivity index (χ0n) is 12.5. The SMILES string of the molecule is CCc1ccc(S(=O)(=O)N2CCC3(CC2)CNC(=O)O3)cc1. The Bertz CT molecular complexity index is 661. The van der Waals surface area contributed by atoms with Crippen molar-refractivity contribution in [1.29, 1.82) is 0 Å². The molecule has 1 N–H and O–H groups in total. The van der Waals surface area contributed by atoms with Crippen LogP contribution in [0.25, 0.3) is 0 Å². The number of aryl methyl sites for hydroxylation is 1. The van der Waals surface area contributed by atoms with Gasteiger partial charge in [-0.15, -0.1) is 0 Å². The topological polar surface area (TPSA) is 75.7 Å². The minimum Gasteiger partial charge on any atom is -0.441 e. The normalized spacial score (nSPS) is 21.6. The second kappa shape index (κ2) is 5.55. The molecule has 1 amide bonds. The number of carbonyl (C=O) groups is 1. The van der Waals surface area contributed by atoms with E-state index in [0.29, 0.717) is 37.4 Å². The van der Waals surface area contributed by atoms with Crippen molar-refractivity contribution in [2.45, 2.75) is 36.7 Å². The van der Waals surface area contributed by atoms with E-state index in [2.05, 4.69) is 5.32 Å². The number of ether oxygens (including phenoxy) is 1. The van der Waals surface area contributed by atoms with E-state index in [1.165, 1.54) is 4.31 Å². The summed E-state index contributed by atoms with van der Waals surface area (Å²) >= 11 is 0. The first-order valence-electron chi connectivity index (χ1n) is 7.51. The average Bonchev–Trinajstić information content (AvgIpc) is 2.88. The van der Waals surface area contributed by atoms with Crippen LogP contribution in [-0.4, -0.2) is 44.1 Å². The van der Waals surface area contributed by atoms with Gasteiger partial charge in [-0.05, 0) is 24.1 Å². The maximum atomic E-state index is 12.7. The maximum Gasteiger partial charge on any atom is 0.407 e. The Morgan fingerprint density at radius 1 is 1.23 bits per heavy atom. The van der Waals surface area contributed by atoms with E-state index in [-0.39, 0.29) is 0 Å². The zero-order valence-corrected chi connectivity index (χ0v) is 13.4. The van der Waals surface area contributed by atoms with Crippen LogP contribution in [0.1, 0.15) is 25.3 Å². The summed E-state index contributed by atoms with van der Waals surface area (Å²) in [4.78, 5) is 11.5. The smallest absolute Gasteiger partial charge is 0.407 e. The van der Waals surface area contributed by atoms with E-state index in [1.54, 1.807) is 12.1 Å². The molecule has 0 bridgehead atoms. The van der Waals surface area contributed by atoms with Crippen LogP contribution in [0.4, 0.5) is 4.79 Å². The van der Waals surface area contributed by atoms with Gasteiger partial charge in [-0.3, -0.25) is 0 Å². The van der Waals surface area contributed by atoms with Crippen LogP contribution in [0, 0.1) is 0 Å². The van der Waals surface area contributed by atoms with Crippen molar-refractivity contribution in [2.24, 2.45) is 0 Å². The molecular weight excluding hydrogens is 304 g/mol. The lowest BCUT2D eigenvalue weighted by atomic mass is 9.93. The van der Waals surface area contributed by atoms with Gasteiger partial charge in [-0.2, -0.15) is 4.31 Å². The third kappa shape index (κ3) is 2.70. The molecule has 2 aliphatic heterocycles. The molecule has 2 saturated heterocycles. The lowest BCUT2D eigenvalue weighted by molar-refractivity contribution is 0.0173. The highest BCUT2D eigenvalue weighted by atomic mass is 32.2. The van der Waals surface area contributed by atoms with Crippen molar-refractivity contribution in [3.8, 4) is 0 Å². The lowest BCUT2D eigenvalue weighted by Crippen LogP contribution is -2.48. The first kappa shape index (κ1) is 15.3. The van der Waals surface area contributed by atoms with Gasteiger partial charge in [0, 0.05) is 25.9 Å². The van der Waals surface area contributed by atoms with Crippen LogP contribution in [0.2, 0.25) is 0 Å². The molecule has 7 heteroatoms. The van der Waals surface area contributed by atoms with E-state index < -0.39 is 21.7 Å². The third-order valence-electron chi connectivity index (χ3n) is 4.47. The molecule has 1 spiro atoms. The second-order valence-electron chi connectivity index (χ2n) is 5.83. The summed E-state index contributed by atoms with van der Waals surface area (Å²) in [6.07, 6.45) is 1.52. The highest BCUT2D eigenvalue weighted by Crippen LogP contribution is 2.31. The van der Waals surface area contributed by atoms with Crippen molar-refractivity contribution >= 4 is 16.1 Å². The number of nitrogens with one attached hydrogen (secondary N) is 1. The number of nitrogens with zero attached hydrogens (tertiary/aromatic N) is 1. The van der Waals surface area contributed by atoms with E-state index in [9.17, 15) is 13.2 Å². The van der Waals surface area contributed by atoms with Crippen molar-refractivity contribution in [3.63, 3.8) is 0 Å². The molecule has 3 rings (SSSR count). The van der Waals surface area contributed by atoms with E-state index >= 15 is 0 Å². The average molecular weight is 324 g/mol. The molecule has 0 aromatic heterocycles. The number of piperidine rings is 1. The lowest BCUT2D eigenvalue weighted by Gasteiger charge is -2.36. The highest BCUT2D eigenvalue weighted by Gasteiger charge is 2.45. The molecule has 0 saturated carbocycles. The molecule has 0 unspecified atom stereocenters. The van der Waals surface area contributed by atoms with Crippen LogP contribution in [0.3, 0.4) is 0 Å². The molecular formula is C15H20N2O4S. The monoisotopic (exact) mass is 324 g/mol.